The van der Waals surface area contributed by atoms with Gasteiger partial charge in [0.25, 0.3) is 0 Å². The smallest absolute Gasteiger partial charge is 0.462 e. The lowest BCUT2D eigenvalue weighted by atomic mass is 9.99. The summed E-state index contributed by atoms with van der Waals surface area (Å²) in [7, 11) is -9.93. The van der Waals surface area contributed by atoms with E-state index in [4.69, 9.17) is 37.0 Å². The summed E-state index contributed by atoms with van der Waals surface area (Å²) in [4.78, 5) is 73.4. The molecule has 0 saturated heterocycles. The van der Waals surface area contributed by atoms with Gasteiger partial charge in [0.15, 0.2) is 12.2 Å². The lowest BCUT2D eigenvalue weighted by Crippen LogP contribution is -2.30. The van der Waals surface area contributed by atoms with Crippen LogP contribution in [0.5, 0.6) is 0 Å². The summed E-state index contributed by atoms with van der Waals surface area (Å²) >= 11 is 0. The minimum Gasteiger partial charge on any atom is -0.462 e. The van der Waals surface area contributed by atoms with E-state index in [1.165, 1.54) is 283 Å². The van der Waals surface area contributed by atoms with Crippen LogP contribution in [-0.4, -0.2) is 96.7 Å². The van der Waals surface area contributed by atoms with E-state index >= 15 is 0 Å². The van der Waals surface area contributed by atoms with Gasteiger partial charge in [0.2, 0.25) is 0 Å². The highest BCUT2D eigenvalue weighted by atomic mass is 31.2. The van der Waals surface area contributed by atoms with Crippen molar-refractivity contribution in [3.63, 3.8) is 0 Å². The number of aliphatic hydroxyl groups is 1. The van der Waals surface area contributed by atoms with Crippen LogP contribution in [0.4, 0.5) is 0 Å². The molecule has 0 aromatic rings. The molecule has 0 amide bonds. The molecule has 0 spiro atoms. The van der Waals surface area contributed by atoms with Crippen LogP contribution in [-0.2, 0) is 65.4 Å². The topological polar surface area (TPSA) is 237 Å². The van der Waals surface area contributed by atoms with E-state index in [1.54, 1.807) is 0 Å². The maximum atomic E-state index is 13.2. The number of hydrogen-bond donors (Lipinski definition) is 3. The lowest BCUT2D eigenvalue weighted by Gasteiger charge is -2.21. The summed E-state index contributed by atoms with van der Waals surface area (Å²) in [5.74, 6) is 0.387. The highest BCUT2D eigenvalue weighted by molar-refractivity contribution is 7.47. The van der Waals surface area contributed by atoms with Crippen LogP contribution in [0.1, 0.15) is 472 Å². The second kappa shape index (κ2) is 78.9. The third-order valence-electron chi connectivity index (χ3n) is 21.6. The molecule has 0 aromatic heterocycles. The highest BCUT2D eigenvalue weighted by Crippen LogP contribution is 2.45. The molecule has 4 unspecified atom stereocenters. The molecule has 0 rings (SSSR count). The third-order valence-corrected chi connectivity index (χ3v) is 23.5. The van der Waals surface area contributed by atoms with Crippen molar-refractivity contribution in [2.75, 3.05) is 39.6 Å². The number of unbranched alkanes of at least 4 members (excludes halogenated alkanes) is 53. The van der Waals surface area contributed by atoms with E-state index in [9.17, 15) is 43.2 Å². The Hall–Kier alpha value is -1.94. The average molecular weight is 1580 g/mol. The highest BCUT2D eigenvalue weighted by Gasteiger charge is 2.31. The zero-order chi connectivity index (χ0) is 79.3. The van der Waals surface area contributed by atoms with Gasteiger partial charge >= 0.3 is 39.5 Å². The summed E-state index contributed by atoms with van der Waals surface area (Å²) in [6, 6.07) is 0. The van der Waals surface area contributed by atoms with Gasteiger partial charge in [-0.3, -0.25) is 37.3 Å². The Balaban J connectivity index is 5.25. The molecule has 3 N–H and O–H groups in total. The van der Waals surface area contributed by atoms with Gasteiger partial charge in [-0.05, 0) is 43.4 Å². The summed E-state index contributed by atoms with van der Waals surface area (Å²) in [6.45, 7) is 12.1. The molecule has 0 aliphatic rings. The Kier molecular flexibility index (Phi) is 77.5. The van der Waals surface area contributed by atoms with Crippen molar-refractivity contribution in [2.24, 2.45) is 17.8 Å². The first kappa shape index (κ1) is 106. The number of carbonyl (C=O) groups excluding carboxylic acids is 4. The van der Waals surface area contributed by atoms with E-state index in [0.29, 0.717) is 25.7 Å². The van der Waals surface area contributed by atoms with Crippen LogP contribution in [0, 0.1) is 17.8 Å². The van der Waals surface area contributed by atoms with E-state index in [0.717, 1.165) is 108 Å². The molecule has 0 heterocycles. The zero-order valence-electron chi connectivity index (χ0n) is 71.3. The van der Waals surface area contributed by atoms with Crippen molar-refractivity contribution in [1.82, 2.24) is 0 Å². The van der Waals surface area contributed by atoms with Crippen LogP contribution in [0.15, 0.2) is 0 Å². The summed E-state index contributed by atoms with van der Waals surface area (Å²) in [5, 5.41) is 10.7. The number of phosphoric acid groups is 2. The fourth-order valence-corrected chi connectivity index (χ4v) is 15.4. The molecule has 0 fully saturated rings. The third kappa shape index (κ3) is 79.3. The average Bonchev–Trinajstić information content (AvgIpc) is 0.900. The molecule has 108 heavy (non-hydrogen) atoms. The van der Waals surface area contributed by atoms with Gasteiger partial charge in [0.05, 0.1) is 26.4 Å². The molecule has 0 radical (unpaired) electrons. The Bertz CT molecular complexity index is 2080. The van der Waals surface area contributed by atoms with Gasteiger partial charge in [0.1, 0.15) is 19.3 Å². The number of ether oxygens (including phenoxy) is 4. The van der Waals surface area contributed by atoms with Crippen molar-refractivity contribution < 1.29 is 80.2 Å². The number of esters is 4. The van der Waals surface area contributed by atoms with Gasteiger partial charge in [-0.1, -0.05) is 421 Å². The van der Waals surface area contributed by atoms with Crippen molar-refractivity contribution in [3.8, 4) is 0 Å². The molecule has 0 bridgehead atoms. The maximum absolute atomic E-state index is 13.2. The molecule has 0 aliphatic heterocycles. The monoisotopic (exact) mass is 1580 g/mol. The standard InChI is InChI=1S/C89H174O17P2/c1-8-11-12-13-14-15-16-27-34-42-49-56-63-70-86(91)99-77-85(106-89(94)73-66-59-52-45-38-37-41-48-55-62-69-82(7)10-3)79-104-108(97,98)102-75-83(90)74-101-107(95,96)103-78-84(76-100-87(92)71-64-57-50-43-35-30-25-22-21-23-28-32-39-46-53-60-67-80(4)5)105-88(93)72-65-58-51-44-36-31-26-20-18-17-19-24-29-33-40-47-54-61-68-81(6)9-2/h80-85,90H,8-79H2,1-7H3,(H,95,96)(H,97,98)/t81?,82?,83-,84-,85-/m1/s1. The zero-order valence-corrected chi connectivity index (χ0v) is 73.1. The number of phosphoric ester groups is 2. The minimum absolute atomic E-state index is 0.107. The second-order valence-corrected chi connectivity index (χ2v) is 35.9. The molecular formula is C89H174O17P2. The largest absolute Gasteiger partial charge is 0.472 e. The first-order valence-electron chi connectivity index (χ1n) is 45.9. The van der Waals surface area contributed by atoms with Crippen LogP contribution < -0.4 is 0 Å². The number of hydrogen-bond acceptors (Lipinski definition) is 15. The SMILES string of the molecule is CCCCCCCCCCCCCCCC(=O)OC[C@H](COP(=O)(O)OC[C@H](O)COP(=O)(O)OC[C@@H](COC(=O)CCCCCCCCCCCCCCCCCCC(C)C)OC(=O)CCCCCCCCCCCCCCCCCCCCC(C)CC)OC(=O)CCCCCCCCCCCCC(C)CC. The van der Waals surface area contributed by atoms with Gasteiger partial charge in [-0.15, -0.1) is 0 Å². The molecular weight excluding hydrogens is 1400 g/mol. The van der Waals surface area contributed by atoms with Crippen LogP contribution >= 0.6 is 15.6 Å². The Morgan fingerprint density at radius 2 is 0.472 bits per heavy atom. The van der Waals surface area contributed by atoms with E-state index in [1.807, 2.05) is 0 Å². The van der Waals surface area contributed by atoms with Gasteiger partial charge in [-0.25, -0.2) is 9.13 Å². The maximum Gasteiger partial charge on any atom is 0.472 e. The van der Waals surface area contributed by atoms with Gasteiger partial charge < -0.3 is 33.8 Å². The first-order chi connectivity index (χ1) is 52.3. The molecule has 17 nitrogen and oxygen atoms in total. The first-order valence-corrected chi connectivity index (χ1v) is 48.9. The normalized spacial score (nSPS) is 14.3. The second-order valence-electron chi connectivity index (χ2n) is 32.9. The molecule has 642 valence electrons. The van der Waals surface area contributed by atoms with Crippen LogP contribution in [0.2, 0.25) is 0 Å². The van der Waals surface area contributed by atoms with E-state index < -0.39 is 97.5 Å². The fourth-order valence-electron chi connectivity index (χ4n) is 13.8. The Morgan fingerprint density at radius 3 is 0.704 bits per heavy atom. The number of carbonyl (C=O) groups is 4. The van der Waals surface area contributed by atoms with E-state index in [-0.39, 0.29) is 25.7 Å². The molecule has 0 aromatic carbocycles. The lowest BCUT2D eigenvalue weighted by molar-refractivity contribution is -0.161. The quantitative estimate of drug-likeness (QED) is 0.0222. The van der Waals surface area contributed by atoms with Crippen molar-refractivity contribution in [2.45, 2.75) is 491 Å². The van der Waals surface area contributed by atoms with Gasteiger partial charge in [-0.2, -0.15) is 0 Å². The van der Waals surface area contributed by atoms with Gasteiger partial charge in [0, 0.05) is 25.7 Å². The van der Waals surface area contributed by atoms with Crippen LogP contribution in [0.25, 0.3) is 0 Å². The van der Waals surface area contributed by atoms with E-state index in [2.05, 4.69) is 48.5 Å². The predicted molar refractivity (Wildman–Crippen MR) is 446 cm³/mol. The number of rotatable bonds is 87. The number of aliphatic hydroxyl groups excluding tert-OH is 1. The predicted octanol–water partition coefficient (Wildman–Crippen LogP) is 27.3. The minimum atomic E-state index is -4.97. The molecule has 7 atom stereocenters. The summed E-state index contributed by atoms with van der Waals surface area (Å²) in [5.41, 5.74) is 0. The Labute approximate surface area is 664 Å². The summed E-state index contributed by atoms with van der Waals surface area (Å²) in [6.07, 6.45) is 70.6. The summed E-state index contributed by atoms with van der Waals surface area (Å²) < 4.78 is 69.0. The Morgan fingerprint density at radius 1 is 0.269 bits per heavy atom. The molecule has 0 aliphatic carbocycles. The van der Waals surface area contributed by atoms with Crippen LogP contribution in [0.3, 0.4) is 0 Å². The van der Waals surface area contributed by atoms with Crippen molar-refractivity contribution in [3.05, 3.63) is 0 Å². The molecule has 0 saturated carbocycles. The molecule has 19 heteroatoms. The van der Waals surface area contributed by atoms with Crippen molar-refractivity contribution in [1.29, 1.82) is 0 Å². The fraction of sp³-hybridized carbons (Fsp3) is 0.955. The van der Waals surface area contributed by atoms with Crippen molar-refractivity contribution >= 4 is 39.5 Å².